The van der Waals surface area contributed by atoms with Gasteiger partial charge in [0, 0.05) is 5.56 Å². The summed E-state index contributed by atoms with van der Waals surface area (Å²) in [5.41, 5.74) is 0.445. The number of hydrogen-bond acceptors (Lipinski definition) is 2. The van der Waals surface area contributed by atoms with Gasteiger partial charge in [-0.2, -0.15) is 0 Å². The van der Waals surface area contributed by atoms with Crippen LogP contribution in [0.3, 0.4) is 0 Å². The van der Waals surface area contributed by atoms with Crippen molar-refractivity contribution in [2.24, 2.45) is 0 Å². The molecule has 29 heavy (non-hydrogen) atoms. The fraction of sp³-hybridized carbons (Fsp3) is 0.250. The van der Waals surface area contributed by atoms with Gasteiger partial charge in [0.25, 0.3) is 0 Å². The van der Waals surface area contributed by atoms with Crippen LogP contribution in [0, 0.1) is 5.82 Å². The standard InChI is InChI=1S/C24H26ClFO2Si/c1-17(27)20-15-16-21(26)23(22(20)25)28-29(24(2,3)4,18-11-7-5-8-12-18)19-13-9-6-10-14-19/h5-17,27H,1-4H3/t17-/m0/s1. The van der Waals surface area contributed by atoms with Gasteiger partial charge in [-0.25, -0.2) is 4.39 Å². The maximum atomic E-state index is 15.0. The number of hydrogen-bond donors (Lipinski definition) is 1. The Morgan fingerprint density at radius 2 is 1.38 bits per heavy atom. The average molecular weight is 429 g/mol. The second-order valence-electron chi connectivity index (χ2n) is 8.22. The summed E-state index contributed by atoms with van der Waals surface area (Å²) in [5, 5.41) is 11.9. The minimum Gasteiger partial charge on any atom is -0.531 e. The average Bonchev–Trinajstić information content (AvgIpc) is 2.68. The topological polar surface area (TPSA) is 29.5 Å². The number of halogens is 2. The summed E-state index contributed by atoms with van der Waals surface area (Å²) in [6.45, 7) is 7.95. The van der Waals surface area contributed by atoms with Crippen molar-refractivity contribution in [3.8, 4) is 5.75 Å². The van der Waals surface area contributed by atoms with Gasteiger partial charge in [-0.15, -0.1) is 0 Å². The molecule has 0 fully saturated rings. The van der Waals surface area contributed by atoms with E-state index < -0.39 is 20.2 Å². The van der Waals surface area contributed by atoms with Gasteiger partial charge in [0.15, 0.2) is 11.6 Å². The molecule has 0 aromatic heterocycles. The Morgan fingerprint density at radius 1 is 0.897 bits per heavy atom. The molecule has 0 aliphatic heterocycles. The van der Waals surface area contributed by atoms with Gasteiger partial charge < -0.3 is 9.53 Å². The molecule has 0 heterocycles. The first kappa shape index (κ1) is 21.6. The van der Waals surface area contributed by atoms with E-state index in [1.165, 1.54) is 12.1 Å². The van der Waals surface area contributed by atoms with Crippen LogP contribution < -0.4 is 14.8 Å². The molecule has 0 saturated carbocycles. The van der Waals surface area contributed by atoms with Gasteiger partial charge in [-0.05, 0) is 28.4 Å². The molecule has 0 spiro atoms. The van der Waals surface area contributed by atoms with Crippen LogP contribution in [-0.4, -0.2) is 13.4 Å². The quantitative estimate of drug-likeness (QED) is 0.546. The van der Waals surface area contributed by atoms with E-state index >= 15 is 0 Å². The highest BCUT2D eigenvalue weighted by Gasteiger charge is 2.52. The molecule has 0 bridgehead atoms. The minimum atomic E-state index is -3.02. The number of aliphatic hydroxyl groups excluding tert-OH is 1. The fourth-order valence-electron chi connectivity index (χ4n) is 3.77. The monoisotopic (exact) mass is 428 g/mol. The van der Waals surface area contributed by atoms with Crippen molar-refractivity contribution in [1.29, 1.82) is 0 Å². The first-order valence-electron chi connectivity index (χ1n) is 9.64. The van der Waals surface area contributed by atoms with Crippen molar-refractivity contribution in [2.75, 3.05) is 0 Å². The SMILES string of the molecule is C[C@H](O)c1ccc(F)c(O[Si](c2ccccc2)(c2ccccc2)C(C)(C)C)c1Cl. The number of rotatable bonds is 5. The van der Waals surface area contributed by atoms with Crippen LogP contribution in [0.2, 0.25) is 10.1 Å². The van der Waals surface area contributed by atoms with E-state index in [4.69, 9.17) is 16.0 Å². The molecule has 3 aromatic rings. The van der Waals surface area contributed by atoms with Gasteiger partial charge in [0.1, 0.15) is 0 Å². The second-order valence-corrected chi connectivity index (χ2v) is 12.8. The molecule has 152 valence electrons. The van der Waals surface area contributed by atoms with E-state index in [1.54, 1.807) is 6.92 Å². The van der Waals surface area contributed by atoms with E-state index in [1.807, 2.05) is 60.7 Å². The lowest BCUT2D eigenvalue weighted by atomic mass is 10.1. The molecule has 2 nitrogen and oxygen atoms in total. The first-order chi connectivity index (χ1) is 13.7. The van der Waals surface area contributed by atoms with Gasteiger partial charge in [0.2, 0.25) is 0 Å². The Hall–Kier alpha value is -2.14. The van der Waals surface area contributed by atoms with Crippen molar-refractivity contribution in [1.82, 2.24) is 0 Å². The molecule has 0 aliphatic rings. The van der Waals surface area contributed by atoms with Crippen LogP contribution in [0.5, 0.6) is 5.75 Å². The molecule has 1 atom stereocenters. The molecule has 0 unspecified atom stereocenters. The molecule has 0 amide bonds. The number of benzene rings is 3. The molecule has 3 rings (SSSR count). The third kappa shape index (κ3) is 3.97. The summed E-state index contributed by atoms with van der Waals surface area (Å²) in [5.74, 6) is -0.535. The summed E-state index contributed by atoms with van der Waals surface area (Å²) in [6, 6.07) is 22.8. The van der Waals surface area contributed by atoms with Crippen molar-refractivity contribution in [2.45, 2.75) is 38.8 Å². The molecule has 1 N–H and O–H groups in total. The molecule has 5 heteroatoms. The maximum Gasteiger partial charge on any atom is 0.320 e. The molecule has 0 aliphatic carbocycles. The van der Waals surface area contributed by atoms with Crippen LogP contribution in [-0.2, 0) is 0 Å². The van der Waals surface area contributed by atoms with E-state index in [0.717, 1.165) is 10.4 Å². The Balaban J connectivity index is 2.33. The molecule has 0 saturated heterocycles. The summed E-state index contributed by atoms with van der Waals surface area (Å²) < 4.78 is 21.7. The normalized spacial score (nSPS) is 13.2. The highest BCUT2D eigenvalue weighted by atomic mass is 35.5. The van der Waals surface area contributed by atoms with Crippen molar-refractivity contribution >= 4 is 30.3 Å². The first-order valence-corrected chi connectivity index (χ1v) is 11.9. The molecular weight excluding hydrogens is 403 g/mol. The van der Waals surface area contributed by atoms with Gasteiger partial charge in [-0.1, -0.05) is 99.1 Å². The highest BCUT2D eigenvalue weighted by Crippen LogP contribution is 2.42. The van der Waals surface area contributed by atoms with Gasteiger partial charge >= 0.3 is 8.32 Å². The zero-order valence-electron chi connectivity index (χ0n) is 17.1. The third-order valence-corrected chi connectivity index (χ3v) is 10.5. The summed E-state index contributed by atoms with van der Waals surface area (Å²) >= 11 is 6.54. The van der Waals surface area contributed by atoms with Crippen molar-refractivity contribution < 1.29 is 13.9 Å². The third-order valence-electron chi connectivity index (χ3n) is 5.20. The largest absolute Gasteiger partial charge is 0.531 e. The lowest BCUT2D eigenvalue weighted by molar-refractivity contribution is 0.199. The predicted molar refractivity (Wildman–Crippen MR) is 120 cm³/mol. The lowest BCUT2D eigenvalue weighted by Gasteiger charge is -2.43. The van der Waals surface area contributed by atoms with E-state index in [-0.39, 0.29) is 15.8 Å². The molecular formula is C24H26ClFO2Si. The summed E-state index contributed by atoms with van der Waals surface area (Å²) in [6.07, 6.45) is -0.829. The summed E-state index contributed by atoms with van der Waals surface area (Å²) in [7, 11) is -3.02. The predicted octanol–water partition coefficient (Wildman–Crippen LogP) is 5.47. The Labute approximate surface area is 178 Å². The Bertz CT molecular complexity index is 930. The summed E-state index contributed by atoms with van der Waals surface area (Å²) in [4.78, 5) is 0. The van der Waals surface area contributed by atoms with E-state index in [0.29, 0.717) is 5.56 Å². The smallest absolute Gasteiger partial charge is 0.320 e. The zero-order valence-corrected chi connectivity index (χ0v) is 18.9. The van der Waals surface area contributed by atoms with Crippen LogP contribution in [0.25, 0.3) is 0 Å². The second kappa shape index (κ2) is 8.31. The lowest BCUT2D eigenvalue weighted by Crippen LogP contribution is -2.69. The van der Waals surface area contributed by atoms with Crippen molar-refractivity contribution in [3.05, 3.63) is 89.2 Å². The zero-order chi connectivity index (χ0) is 21.2. The van der Waals surface area contributed by atoms with Crippen molar-refractivity contribution in [3.63, 3.8) is 0 Å². The number of aliphatic hydroxyl groups is 1. The van der Waals surface area contributed by atoms with Gasteiger partial charge in [-0.3, -0.25) is 0 Å². The van der Waals surface area contributed by atoms with E-state index in [9.17, 15) is 9.50 Å². The van der Waals surface area contributed by atoms with Crippen LogP contribution in [0.15, 0.2) is 72.8 Å². The molecule has 0 radical (unpaired) electrons. The minimum absolute atomic E-state index is 0.000588. The van der Waals surface area contributed by atoms with Crippen LogP contribution >= 0.6 is 11.6 Å². The van der Waals surface area contributed by atoms with E-state index in [2.05, 4.69) is 20.8 Å². The van der Waals surface area contributed by atoms with Crippen LogP contribution in [0.4, 0.5) is 4.39 Å². The highest BCUT2D eigenvalue weighted by molar-refractivity contribution is 7.00. The Morgan fingerprint density at radius 3 is 1.79 bits per heavy atom. The Kier molecular flexibility index (Phi) is 6.18. The molecule has 3 aromatic carbocycles. The van der Waals surface area contributed by atoms with Crippen LogP contribution in [0.1, 0.15) is 39.4 Å². The maximum absolute atomic E-state index is 15.0. The fourth-order valence-corrected chi connectivity index (χ4v) is 8.62. The van der Waals surface area contributed by atoms with Gasteiger partial charge in [0.05, 0.1) is 11.1 Å².